The van der Waals surface area contributed by atoms with Crippen molar-refractivity contribution in [3.05, 3.63) is 41.2 Å². The molecule has 0 aliphatic carbocycles. The maximum Gasteiger partial charge on any atom is 0.407 e. The summed E-state index contributed by atoms with van der Waals surface area (Å²) in [5, 5.41) is 6.00. The average Bonchev–Trinajstić information content (AvgIpc) is 2.75. The van der Waals surface area contributed by atoms with E-state index in [1.807, 2.05) is 77.8 Å². The van der Waals surface area contributed by atoms with Crippen LogP contribution in [0.25, 0.3) is 0 Å². The Morgan fingerprint density at radius 1 is 1.21 bits per heavy atom. The van der Waals surface area contributed by atoms with Crippen LogP contribution in [0, 0.1) is 0 Å². The fraction of sp³-hybridized carbons (Fsp3) is 0.500. The monoisotopic (exact) mass is 456 g/mol. The molecule has 1 heterocycles. The van der Waals surface area contributed by atoms with Gasteiger partial charge >= 0.3 is 6.09 Å². The summed E-state index contributed by atoms with van der Waals surface area (Å²) >= 11 is 0. The molecule has 1 atom stereocenters. The van der Waals surface area contributed by atoms with Crippen molar-refractivity contribution < 1.29 is 14.3 Å². The van der Waals surface area contributed by atoms with Gasteiger partial charge in [0.2, 0.25) is 0 Å². The number of carbonyl (C=O) groups is 2. The van der Waals surface area contributed by atoms with Crippen molar-refractivity contribution >= 4 is 29.3 Å². The zero-order valence-corrected chi connectivity index (χ0v) is 20.7. The first kappa shape index (κ1) is 25.9. The molecule has 2 rings (SSSR count). The van der Waals surface area contributed by atoms with Gasteiger partial charge in [-0.2, -0.15) is 0 Å². The Morgan fingerprint density at radius 3 is 2.48 bits per heavy atom. The smallest absolute Gasteiger partial charge is 0.407 e. The second kappa shape index (κ2) is 11.0. The van der Waals surface area contributed by atoms with Gasteiger partial charge in [0.1, 0.15) is 5.60 Å². The SMILES string of the molecule is CCc1nc(C(N)=O)c(Nc2cccc([C@@H](C)CNC(=O)OC(C)(C)C)c2)nc1N(C)CC. The van der Waals surface area contributed by atoms with Crippen molar-refractivity contribution in [2.24, 2.45) is 5.73 Å². The molecule has 2 amide bonds. The van der Waals surface area contributed by atoms with E-state index in [0.29, 0.717) is 30.3 Å². The van der Waals surface area contributed by atoms with Crippen LogP contribution in [0.15, 0.2) is 24.3 Å². The number of hydrogen-bond donors (Lipinski definition) is 3. The summed E-state index contributed by atoms with van der Waals surface area (Å²) in [5.74, 6) is 0.409. The quantitative estimate of drug-likeness (QED) is 0.522. The fourth-order valence-electron chi connectivity index (χ4n) is 3.14. The van der Waals surface area contributed by atoms with E-state index in [4.69, 9.17) is 10.5 Å². The molecule has 0 aliphatic rings. The molecule has 0 fully saturated rings. The first-order valence-corrected chi connectivity index (χ1v) is 11.2. The van der Waals surface area contributed by atoms with Crippen LogP contribution < -0.4 is 21.3 Å². The number of amides is 2. The van der Waals surface area contributed by atoms with Crippen LogP contribution in [-0.4, -0.2) is 47.7 Å². The van der Waals surface area contributed by atoms with Crippen LogP contribution in [0.5, 0.6) is 0 Å². The number of aryl methyl sites for hydroxylation is 1. The van der Waals surface area contributed by atoms with Crippen molar-refractivity contribution in [1.82, 2.24) is 15.3 Å². The first-order valence-electron chi connectivity index (χ1n) is 11.2. The van der Waals surface area contributed by atoms with Gasteiger partial charge in [0.25, 0.3) is 5.91 Å². The van der Waals surface area contributed by atoms with Gasteiger partial charge in [-0.05, 0) is 57.7 Å². The third kappa shape index (κ3) is 7.34. The molecule has 9 heteroatoms. The van der Waals surface area contributed by atoms with Crippen LogP contribution >= 0.6 is 0 Å². The molecule has 4 N–H and O–H groups in total. The number of nitrogens with zero attached hydrogens (tertiary/aromatic N) is 3. The van der Waals surface area contributed by atoms with E-state index in [1.54, 1.807) is 0 Å². The average molecular weight is 457 g/mol. The Hall–Kier alpha value is -3.36. The highest BCUT2D eigenvalue weighted by Gasteiger charge is 2.20. The van der Waals surface area contributed by atoms with Gasteiger partial charge in [0.05, 0.1) is 5.69 Å². The van der Waals surface area contributed by atoms with Gasteiger partial charge in [0.15, 0.2) is 17.3 Å². The first-order chi connectivity index (χ1) is 15.4. The minimum absolute atomic E-state index is 0.0326. The Morgan fingerprint density at radius 2 is 1.91 bits per heavy atom. The molecule has 1 aromatic carbocycles. The number of nitrogens with two attached hydrogens (primary N) is 1. The number of benzene rings is 1. The lowest BCUT2D eigenvalue weighted by Crippen LogP contribution is -2.34. The number of ether oxygens (including phenoxy) is 1. The maximum absolute atomic E-state index is 12.1. The Labute approximate surface area is 196 Å². The second-order valence-corrected chi connectivity index (χ2v) is 8.96. The maximum atomic E-state index is 12.1. The molecule has 9 nitrogen and oxygen atoms in total. The third-order valence-corrected chi connectivity index (χ3v) is 5.02. The number of hydrogen-bond acceptors (Lipinski definition) is 7. The highest BCUT2D eigenvalue weighted by molar-refractivity contribution is 5.96. The van der Waals surface area contributed by atoms with E-state index >= 15 is 0 Å². The summed E-state index contributed by atoms with van der Waals surface area (Å²) in [6.45, 7) is 12.6. The third-order valence-electron chi connectivity index (χ3n) is 5.02. The summed E-state index contributed by atoms with van der Waals surface area (Å²) in [7, 11) is 1.93. The Bertz CT molecular complexity index is 987. The van der Waals surface area contributed by atoms with E-state index in [9.17, 15) is 9.59 Å². The molecule has 0 aliphatic heterocycles. The predicted octanol–water partition coefficient (Wildman–Crippen LogP) is 3.97. The van der Waals surface area contributed by atoms with Gasteiger partial charge < -0.3 is 26.0 Å². The molecule has 1 aromatic heterocycles. The number of rotatable bonds is 9. The van der Waals surface area contributed by atoms with Crippen LogP contribution in [0.3, 0.4) is 0 Å². The standard InChI is InChI=1S/C24H36N6O3/c1-8-18-22(30(7)9-2)29-21(19(28-18)20(25)31)27-17-12-10-11-16(13-17)15(3)14-26-23(32)33-24(4,5)6/h10-13,15H,8-9,14H2,1-7H3,(H2,25,31)(H,26,32)(H,27,29)/t15-/m0/s1. The molecule has 0 saturated carbocycles. The molecule has 0 saturated heterocycles. The van der Waals surface area contributed by atoms with E-state index in [1.165, 1.54) is 0 Å². The number of nitrogens with one attached hydrogen (secondary N) is 2. The Balaban J connectivity index is 2.25. The zero-order chi connectivity index (χ0) is 24.8. The highest BCUT2D eigenvalue weighted by atomic mass is 16.6. The molecule has 180 valence electrons. The van der Waals surface area contributed by atoms with Crippen LogP contribution in [0.4, 0.5) is 22.1 Å². The molecule has 2 aromatic rings. The minimum atomic E-state index is -0.642. The molecule has 0 unspecified atom stereocenters. The molecule has 0 bridgehead atoms. The van der Waals surface area contributed by atoms with Crippen molar-refractivity contribution in [3.8, 4) is 0 Å². The van der Waals surface area contributed by atoms with E-state index in [-0.39, 0.29) is 11.6 Å². The largest absolute Gasteiger partial charge is 0.444 e. The minimum Gasteiger partial charge on any atom is -0.444 e. The lowest BCUT2D eigenvalue weighted by molar-refractivity contribution is 0.0525. The molecule has 0 radical (unpaired) electrons. The predicted molar refractivity (Wildman–Crippen MR) is 131 cm³/mol. The fourth-order valence-corrected chi connectivity index (χ4v) is 3.14. The number of aromatic nitrogens is 2. The summed E-state index contributed by atoms with van der Waals surface area (Å²) in [5.41, 5.74) is 7.60. The zero-order valence-electron chi connectivity index (χ0n) is 20.7. The van der Waals surface area contributed by atoms with E-state index in [2.05, 4.69) is 20.6 Å². The topological polar surface area (TPSA) is 122 Å². The summed E-state index contributed by atoms with van der Waals surface area (Å²) in [4.78, 5) is 35.2. The van der Waals surface area contributed by atoms with Crippen LogP contribution in [0.2, 0.25) is 0 Å². The highest BCUT2D eigenvalue weighted by Crippen LogP contribution is 2.26. The van der Waals surface area contributed by atoms with Crippen molar-refractivity contribution in [3.63, 3.8) is 0 Å². The van der Waals surface area contributed by atoms with Gasteiger partial charge in [-0.1, -0.05) is 26.0 Å². The summed E-state index contributed by atoms with van der Waals surface area (Å²) in [6, 6.07) is 7.70. The van der Waals surface area contributed by atoms with Crippen molar-refractivity contribution in [2.45, 2.75) is 59.5 Å². The van der Waals surface area contributed by atoms with Crippen molar-refractivity contribution in [1.29, 1.82) is 0 Å². The number of carbonyl (C=O) groups excluding carboxylic acids is 2. The number of primary amides is 1. The normalized spacial score (nSPS) is 12.1. The van der Waals surface area contributed by atoms with E-state index in [0.717, 1.165) is 17.8 Å². The lowest BCUT2D eigenvalue weighted by Gasteiger charge is -2.21. The van der Waals surface area contributed by atoms with Gasteiger partial charge in [-0.25, -0.2) is 14.8 Å². The molecular weight excluding hydrogens is 420 g/mol. The number of alkyl carbamates (subject to hydrolysis) is 1. The molecular formula is C24H36N6O3. The molecule has 33 heavy (non-hydrogen) atoms. The van der Waals surface area contributed by atoms with Gasteiger partial charge in [-0.3, -0.25) is 4.79 Å². The summed E-state index contributed by atoms with van der Waals surface area (Å²) < 4.78 is 5.30. The summed E-state index contributed by atoms with van der Waals surface area (Å²) in [6.07, 6.45) is 0.179. The van der Waals surface area contributed by atoms with Gasteiger partial charge in [-0.15, -0.1) is 0 Å². The van der Waals surface area contributed by atoms with Crippen LogP contribution in [0.1, 0.15) is 69.2 Å². The van der Waals surface area contributed by atoms with Crippen LogP contribution in [-0.2, 0) is 11.2 Å². The van der Waals surface area contributed by atoms with Crippen molar-refractivity contribution in [2.75, 3.05) is 30.4 Å². The van der Waals surface area contributed by atoms with E-state index < -0.39 is 17.6 Å². The Kier molecular flexibility index (Phi) is 8.62. The molecule has 0 spiro atoms. The van der Waals surface area contributed by atoms with Gasteiger partial charge in [0, 0.05) is 25.8 Å². The lowest BCUT2D eigenvalue weighted by atomic mass is 10.0. The number of anilines is 3. The second-order valence-electron chi connectivity index (χ2n) is 8.96.